The van der Waals surface area contributed by atoms with Gasteiger partial charge in [-0.25, -0.2) is 4.83 Å². The normalized spacial score (nSPS) is 20.8. The smallest absolute Gasteiger partial charge is 0.305 e. The predicted octanol–water partition coefficient (Wildman–Crippen LogP) is 1.28. The lowest BCUT2D eigenvalue weighted by atomic mass is 10.0. The lowest BCUT2D eigenvalue weighted by Crippen LogP contribution is -2.30. The van der Waals surface area contributed by atoms with E-state index in [1.807, 2.05) is 6.92 Å². The molecule has 0 saturated carbocycles. The van der Waals surface area contributed by atoms with E-state index < -0.39 is 22.1 Å². The van der Waals surface area contributed by atoms with Crippen LogP contribution in [-0.4, -0.2) is 37.9 Å². The highest BCUT2D eigenvalue weighted by Crippen LogP contribution is 2.15. The fourth-order valence-electron chi connectivity index (χ4n) is 2.09. The first-order valence-electron chi connectivity index (χ1n) is 6.84. The number of rotatable bonds is 5. The third-order valence-electron chi connectivity index (χ3n) is 3.27. The van der Waals surface area contributed by atoms with Gasteiger partial charge >= 0.3 is 5.97 Å². The minimum Gasteiger partial charge on any atom is -0.481 e. The van der Waals surface area contributed by atoms with E-state index in [2.05, 4.69) is 9.93 Å². The molecule has 120 valence electrons. The molecule has 1 aliphatic rings. The van der Waals surface area contributed by atoms with E-state index in [-0.39, 0.29) is 11.3 Å². The van der Waals surface area contributed by atoms with Crippen molar-refractivity contribution in [2.45, 2.75) is 37.2 Å². The second kappa shape index (κ2) is 6.89. The van der Waals surface area contributed by atoms with Crippen LogP contribution in [0.15, 0.2) is 34.3 Å². The van der Waals surface area contributed by atoms with Gasteiger partial charge in [0.05, 0.1) is 24.0 Å². The van der Waals surface area contributed by atoms with E-state index in [0.29, 0.717) is 25.2 Å². The van der Waals surface area contributed by atoms with Crippen molar-refractivity contribution in [3.63, 3.8) is 0 Å². The number of aryl methyl sites for hydroxylation is 1. The zero-order valence-electron chi connectivity index (χ0n) is 12.2. The molecular weight excluding hydrogens is 308 g/mol. The van der Waals surface area contributed by atoms with Gasteiger partial charge in [-0.3, -0.25) is 4.79 Å². The second-order valence-electron chi connectivity index (χ2n) is 5.13. The molecule has 2 rings (SSSR count). The highest BCUT2D eigenvalue weighted by atomic mass is 32.2. The van der Waals surface area contributed by atoms with Gasteiger partial charge in [0.15, 0.2) is 0 Å². The van der Waals surface area contributed by atoms with Crippen LogP contribution in [0.1, 0.15) is 24.8 Å². The van der Waals surface area contributed by atoms with Gasteiger partial charge in [0.1, 0.15) is 0 Å². The van der Waals surface area contributed by atoms with Crippen molar-refractivity contribution in [2.75, 3.05) is 6.61 Å². The Labute approximate surface area is 129 Å². The Kier molecular flexibility index (Phi) is 5.15. The molecule has 1 aromatic rings. The molecule has 1 aliphatic heterocycles. The first-order chi connectivity index (χ1) is 10.4. The largest absolute Gasteiger partial charge is 0.481 e. The maximum Gasteiger partial charge on any atom is 0.305 e. The number of hydrazone groups is 1. The van der Waals surface area contributed by atoms with Crippen LogP contribution >= 0.6 is 0 Å². The summed E-state index contributed by atoms with van der Waals surface area (Å²) in [5, 5.41) is 12.7. The minimum atomic E-state index is -3.71. The number of hydrogen-bond acceptors (Lipinski definition) is 5. The number of hydrogen-bond donors (Lipinski definition) is 2. The van der Waals surface area contributed by atoms with Crippen LogP contribution in [0.25, 0.3) is 0 Å². The average Bonchev–Trinajstić information content (AvgIpc) is 2.45. The monoisotopic (exact) mass is 326 g/mol. The zero-order chi connectivity index (χ0) is 16.2. The van der Waals surface area contributed by atoms with Gasteiger partial charge < -0.3 is 9.84 Å². The third-order valence-corrected chi connectivity index (χ3v) is 4.49. The Bertz CT molecular complexity index is 667. The number of carboxylic acid groups (broad SMARTS) is 1. The average molecular weight is 326 g/mol. The quantitative estimate of drug-likeness (QED) is 0.793. The van der Waals surface area contributed by atoms with Crippen molar-refractivity contribution in [3.05, 3.63) is 29.8 Å². The molecule has 0 aromatic heterocycles. The van der Waals surface area contributed by atoms with Crippen LogP contribution in [0.3, 0.4) is 0 Å². The number of nitrogens with zero attached hydrogens (tertiary/aromatic N) is 1. The van der Waals surface area contributed by atoms with Crippen molar-refractivity contribution < 1.29 is 23.1 Å². The van der Waals surface area contributed by atoms with Crippen LogP contribution in [-0.2, 0) is 19.6 Å². The number of benzene rings is 1. The summed E-state index contributed by atoms with van der Waals surface area (Å²) in [6.07, 6.45) is 0.202. The molecule has 0 radical (unpaired) electrons. The third kappa shape index (κ3) is 4.54. The summed E-state index contributed by atoms with van der Waals surface area (Å²) in [5.74, 6) is -0.952. The molecule has 1 saturated heterocycles. The van der Waals surface area contributed by atoms with Crippen molar-refractivity contribution in [1.82, 2.24) is 4.83 Å². The molecule has 1 aromatic carbocycles. The Morgan fingerprint density at radius 3 is 2.73 bits per heavy atom. The van der Waals surface area contributed by atoms with Crippen molar-refractivity contribution in [2.24, 2.45) is 5.10 Å². The minimum absolute atomic E-state index is 0.121. The Morgan fingerprint density at radius 2 is 2.09 bits per heavy atom. The summed E-state index contributed by atoms with van der Waals surface area (Å²) >= 11 is 0. The summed E-state index contributed by atoms with van der Waals surface area (Å²) in [6, 6.07) is 6.43. The van der Waals surface area contributed by atoms with Gasteiger partial charge in [0.2, 0.25) is 0 Å². The lowest BCUT2D eigenvalue weighted by molar-refractivity contribution is -0.140. The summed E-state index contributed by atoms with van der Waals surface area (Å²) in [6.45, 7) is 2.21. The predicted molar refractivity (Wildman–Crippen MR) is 80.2 cm³/mol. The molecule has 1 atom stereocenters. The van der Waals surface area contributed by atoms with Crippen molar-refractivity contribution in [3.8, 4) is 0 Å². The van der Waals surface area contributed by atoms with E-state index in [1.165, 1.54) is 12.1 Å². The van der Waals surface area contributed by atoms with Gasteiger partial charge in [0, 0.05) is 18.6 Å². The number of sulfonamides is 1. The standard InChI is InChI=1S/C14H18N2O5S/c1-10-2-4-13(5-3-10)22(19,20)16-15-11-6-7-21-12(8-11)9-14(17)18/h2-5,12,16H,6-9H2,1H3,(H,17,18)/b15-11-. The first-order valence-corrected chi connectivity index (χ1v) is 8.32. The maximum absolute atomic E-state index is 12.1. The molecular formula is C14H18N2O5S. The Balaban J connectivity index is 2.03. The number of carbonyl (C=O) groups is 1. The van der Waals surface area contributed by atoms with E-state index in [0.717, 1.165) is 5.56 Å². The highest BCUT2D eigenvalue weighted by molar-refractivity contribution is 7.89. The molecule has 22 heavy (non-hydrogen) atoms. The van der Waals surface area contributed by atoms with E-state index in [1.54, 1.807) is 12.1 Å². The Morgan fingerprint density at radius 1 is 1.41 bits per heavy atom. The van der Waals surface area contributed by atoms with E-state index in [4.69, 9.17) is 9.84 Å². The first kappa shape index (κ1) is 16.4. The number of carboxylic acids is 1. The van der Waals surface area contributed by atoms with Crippen LogP contribution < -0.4 is 4.83 Å². The van der Waals surface area contributed by atoms with E-state index >= 15 is 0 Å². The summed E-state index contributed by atoms with van der Waals surface area (Å²) in [7, 11) is -3.71. The van der Waals surface area contributed by atoms with Gasteiger partial charge in [-0.15, -0.1) is 0 Å². The van der Waals surface area contributed by atoms with Crippen molar-refractivity contribution >= 4 is 21.7 Å². The molecule has 2 N–H and O–H groups in total. The van der Waals surface area contributed by atoms with Crippen LogP contribution in [0, 0.1) is 6.92 Å². The molecule has 0 spiro atoms. The van der Waals surface area contributed by atoms with Gasteiger partial charge in [-0.05, 0) is 19.1 Å². The summed E-state index contributed by atoms with van der Waals surface area (Å²) in [5.41, 5.74) is 1.55. The molecule has 0 amide bonds. The number of nitrogens with one attached hydrogen (secondary N) is 1. The van der Waals surface area contributed by atoms with Crippen molar-refractivity contribution in [1.29, 1.82) is 0 Å². The Hall–Kier alpha value is -1.93. The summed E-state index contributed by atoms with van der Waals surface area (Å²) < 4.78 is 29.5. The van der Waals surface area contributed by atoms with Crippen LogP contribution in [0.4, 0.5) is 0 Å². The zero-order valence-corrected chi connectivity index (χ0v) is 13.0. The van der Waals surface area contributed by atoms with E-state index in [9.17, 15) is 13.2 Å². The van der Waals surface area contributed by atoms with Gasteiger partial charge in [0.25, 0.3) is 10.0 Å². The van der Waals surface area contributed by atoms with Crippen LogP contribution in [0.2, 0.25) is 0 Å². The molecule has 8 heteroatoms. The molecule has 0 aliphatic carbocycles. The summed E-state index contributed by atoms with van der Waals surface area (Å²) in [4.78, 5) is 13.0. The fourth-order valence-corrected chi connectivity index (χ4v) is 2.94. The number of ether oxygens (including phenoxy) is 1. The maximum atomic E-state index is 12.1. The fraction of sp³-hybridized carbons (Fsp3) is 0.429. The molecule has 1 fully saturated rings. The number of aliphatic carboxylic acids is 1. The van der Waals surface area contributed by atoms with Gasteiger partial charge in [-0.1, -0.05) is 17.7 Å². The SMILES string of the molecule is Cc1ccc(S(=O)(=O)N/N=C2/CCOC(CC(=O)O)C2)cc1. The second-order valence-corrected chi connectivity index (χ2v) is 6.79. The molecule has 1 heterocycles. The topological polar surface area (TPSA) is 105 Å². The molecule has 0 bridgehead atoms. The highest BCUT2D eigenvalue weighted by Gasteiger charge is 2.22. The lowest BCUT2D eigenvalue weighted by Gasteiger charge is -2.22. The van der Waals surface area contributed by atoms with Crippen LogP contribution in [0.5, 0.6) is 0 Å². The molecule has 1 unspecified atom stereocenters. The van der Waals surface area contributed by atoms with Gasteiger partial charge in [-0.2, -0.15) is 13.5 Å². The molecule has 7 nitrogen and oxygen atoms in total.